The number of benzene rings is 3. The molecule has 3 aromatic rings. The zero-order valence-electron chi connectivity index (χ0n) is 13.8. The first kappa shape index (κ1) is 17.9. The molecule has 0 unspecified atom stereocenters. The Hall–Kier alpha value is -3.40. The minimum absolute atomic E-state index is 0.276. The van der Waals surface area contributed by atoms with E-state index >= 15 is 0 Å². The summed E-state index contributed by atoms with van der Waals surface area (Å²) >= 11 is 0. The summed E-state index contributed by atoms with van der Waals surface area (Å²) in [5.74, 6) is -0.557. The van der Waals surface area contributed by atoms with Gasteiger partial charge in [-0.2, -0.15) is 0 Å². The summed E-state index contributed by atoms with van der Waals surface area (Å²) < 4.78 is 0. The second-order valence-corrected chi connectivity index (χ2v) is 5.21. The Balaban J connectivity index is 0.000000511. The van der Waals surface area contributed by atoms with Crippen LogP contribution in [0.15, 0.2) is 77.8 Å². The summed E-state index contributed by atoms with van der Waals surface area (Å²) in [6, 6.07) is 21.4. The lowest BCUT2D eigenvalue weighted by atomic mass is 10.0. The molecule has 0 aliphatic rings. The highest BCUT2D eigenvalue weighted by molar-refractivity contribution is 5.95. The predicted octanol–water partition coefficient (Wildman–Crippen LogP) is 5.05. The fraction of sp³-hybridized carbons (Fsp3) is 0.0476. The van der Waals surface area contributed by atoms with Gasteiger partial charge < -0.3 is 10.2 Å². The van der Waals surface area contributed by atoms with Crippen LogP contribution in [0.25, 0.3) is 16.8 Å². The number of fused-ring (bicyclic) bond motifs is 1. The maximum Gasteiger partial charge on any atom is 0.300 e. The summed E-state index contributed by atoms with van der Waals surface area (Å²) in [4.78, 5) is 13.3. The van der Waals surface area contributed by atoms with Crippen LogP contribution in [0.3, 0.4) is 0 Å². The lowest BCUT2D eigenvalue weighted by Crippen LogP contribution is -1.80. The van der Waals surface area contributed by atoms with E-state index in [-0.39, 0.29) is 5.75 Å². The number of aliphatic imine (C=N–C) groups is 1. The molecule has 4 nitrogen and oxygen atoms in total. The third-order valence-corrected chi connectivity index (χ3v) is 3.28. The van der Waals surface area contributed by atoms with Gasteiger partial charge in [0.15, 0.2) is 0 Å². The number of carboxylic acids is 1. The number of hydrogen-bond acceptors (Lipinski definition) is 3. The topological polar surface area (TPSA) is 69.9 Å². The molecule has 4 heteroatoms. The van der Waals surface area contributed by atoms with Crippen LogP contribution in [0.5, 0.6) is 5.75 Å². The highest BCUT2D eigenvalue weighted by Gasteiger charge is 2.02. The summed E-state index contributed by atoms with van der Waals surface area (Å²) in [5.41, 5.74) is 1.72. The quantitative estimate of drug-likeness (QED) is 0.659. The lowest BCUT2D eigenvalue weighted by molar-refractivity contribution is -0.134. The first-order valence-electron chi connectivity index (χ1n) is 7.74. The van der Waals surface area contributed by atoms with Crippen LogP contribution in [-0.2, 0) is 4.79 Å². The van der Waals surface area contributed by atoms with Crippen LogP contribution in [-0.4, -0.2) is 22.4 Å². The summed E-state index contributed by atoms with van der Waals surface area (Å²) in [6.45, 7) is 1.08. The Morgan fingerprint density at radius 3 is 2.32 bits per heavy atom. The molecule has 3 aromatic carbocycles. The zero-order valence-corrected chi connectivity index (χ0v) is 13.8. The first-order chi connectivity index (χ1) is 12.1. The molecule has 0 saturated carbocycles. The van der Waals surface area contributed by atoms with Crippen molar-refractivity contribution in [3.05, 3.63) is 78.4 Å². The van der Waals surface area contributed by atoms with Gasteiger partial charge in [-0.3, -0.25) is 9.79 Å². The molecule has 0 amide bonds. The van der Waals surface area contributed by atoms with Gasteiger partial charge in [-0.15, -0.1) is 0 Å². The van der Waals surface area contributed by atoms with E-state index in [2.05, 4.69) is 4.99 Å². The molecule has 0 aromatic heterocycles. The largest absolute Gasteiger partial charge is 0.507 e. The van der Waals surface area contributed by atoms with Gasteiger partial charge in [-0.25, -0.2) is 0 Å². The normalized spacial score (nSPS) is 10.8. The van der Waals surface area contributed by atoms with Crippen LogP contribution in [0, 0.1) is 0 Å². The Bertz CT molecular complexity index is 895. The number of carboxylic acid groups (broad SMARTS) is 1. The smallest absolute Gasteiger partial charge is 0.300 e. The number of phenols is 1. The highest BCUT2D eigenvalue weighted by atomic mass is 16.4. The maximum absolute atomic E-state index is 10.0. The van der Waals surface area contributed by atoms with Crippen molar-refractivity contribution >= 4 is 34.7 Å². The van der Waals surface area contributed by atoms with Crippen LogP contribution in [0.4, 0.5) is 5.69 Å². The van der Waals surface area contributed by atoms with Crippen molar-refractivity contribution in [2.24, 2.45) is 4.99 Å². The molecular formula is C21H19NO3. The van der Waals surface area contributed by atoms with Crippen molar-refractivity contribution in [1.82, 2.24) is 0 Å². The van der Waals surface area contributed by atoms with Crippen molar-refractivity contribution in [1.29, 1.82) is 0 Å². The minimum Gasteiger partial charge on any atom is -0.507 e. The fourth-order valence-corrected chi connectivity index (χ4v) is 2.24. The predicted molar refractivity (Wildman–Crippen MR) is 103 cm³/mol. The van der Waals surface area contributed by atoms with Gasteiger partial charge in [0.2, 0.25) is 0 Å². The third kappa shape index (κ3) is 5.62. The van der Waals surface area contributed by atoms with E-state index < -0.39 is 5.97 Å². The minimum atomic E-state index is -0.833. The van der Waals surface area contributed by atoms with Gasteiger partial charge in [0.25, 0.3) is 5.97 Å². The standard InChI is InChI=1S/C19H15NO.C2H4O2/c21-19-13-12-15-7-4-5-10-17(15)18(19)11-6-14-20-16-8-2-1-3-9-16;1-2(3)4/h1-14,21H;1H3,(H,3,4)/b11-6+,20-14?;. The van der Waals surface area contributed by atoms with Crippen molar-refractivity contribution in [2.75, 3.05) is 0 Å². The molecule has 0 heterocycles. The molecule has 3 rings (SSSR count). The molecule has 0 radical (unpaired) electrons. The molecule has 0 bridgehead atoms. The molecule has 25 heavy (non-hydrogen) atoms. The number of para-hydroxylation sites is 1. The number of aliphatic carboxylic acids is 1. The van der Waals surface area contributed by atoms with Gasteiger partial charge in [0.05, 0.1) is 5.69 Å². The Kier molecular flexibility index (Phi) is 6.48. The van der Waals surface area contributed by atoms with Crippen molar-refractivity contribution in [3.8, 4) is 5.75 Å². The van der Waals surface area contributed by atoms with Crippen molar-refractivity contribution in [3.63, 3.8) is 0 Å². The van der Waals surface area contributed by atoms with Crippen LogP contribution < -0.4 is 0 Å². The van der Waals surface area contributed by atoms with Crippen LogP contribution in [0.1, 0.15) is 12.5 Å². The Morgan fingerprint density at radius 1 is 0.960 bits per heavy atom. The monoisotopic (exact) mass is 333 g/mol. The molecule has 0 aliphatic heterocycles. The van der Waals surface area contributed by atoms with Gasteiger partial charge >= 0.3 is 0 Å². The summed E-state index contributed by atoms with van der Waals surface area (Å²) in [7, 11) is 0. The lowest BCUT2D eigenvalue weighted by Gasteiger charge is -2.04. The number of rotatable bonds is 3. The Labute approximate surface area is 146 Å². The number of carbonyl (C=O) groups is 1. The SMILES string of the molecule is CC(=O)O.Oc1ccc2ccccc2c1/C=C/C=Nc1ccccc1. The van der Waals surface area contributed by atoms with E-state index in [1.54, 1.807) is 12.3 Å². The van der Waals surface area contributed by atoms with E-state index in [1.165, 1.54) is 0 Å². The third-order valence-electron chi connectivity index (χ3n) is 3.28. The zero-order chi connectivity index (χ0) is 18.1. The first-order valence-corrected chi connectivity index (χ1v) is 7.74. The molecule has 0 spiro atoms. The molecule has 2 N–H and O–H groups in total. The van der Waals surface area contributed by atoms with Gasteiger partial charge in [0.1, 0.15) is 5.75 Å². The van der Waals surface area contributed by atoms with Crippen LogP contribution >= 0.6 is 0 Å². The molecule has 0 aliphatic carbocycles. The molecular weight excluding hydrogens is 314 g/mol. The summed E-state index contributed by atoms with van der Waals surface area (Å²) in [5, 5.41) is 19.6. The van der Waals surface area contributed by atoms with E-state index in [1.807, 2.05) is 72.8 Å². The van der Waals surface area contributed by atoms with E-state index in [0.29, 0.717) is 0 Å². The van der Waals surface area contributed by atoms with Gasteiger partial charge in [0, 0.05) is 18.7 Å². The second-order valence-electron chi connectivity index (χ2n) is 5.21. The van der Waals surface area contributed by atoms with E-state index in [9.17, 15) is 5.11 Å². The second kappa shape index (κ2) is 9.03. The fourth-order valence-electron chi connectivity index (χ4n) is 2.24. The number of hydrogen-bond donors (Lipinski definition) is 2. The van der Waals surface area contributed by atoms with Gasteiger partial charge in [-0.05, 0) is 41.1 Å². The molecule has 0 atom stereocenters. The van der Waals surface area contributed by atoms with Crippen LogP contribution in [0.2, 0.25) is 0 Å². The molecule has 126 valence electrons. The average molecular weight is 333 g/mol. The van der Waals surface area contributed by atoms with E-state index in [0.717, 1.165) is 28.9 Å². The molecule has 0 saturated heterocycles. The average Bonchev–Trinajstić information content (AvgIpc) is 2.60. The number of allylic oxidation sites excluding steroid dienone is 1. The van der Waals surface area contributed by atoms with Crippen molar-refractivity contribution < 1.29 is 15.0 Å². The maximum atomic E-state index is 10.0. The number of aromatic hydroxyl groups is 1. The summed E-state index contributed by atoms with van der Waals surface area (Å²) in [6.07, 6.45) is 5.45. The van der Waals surface area contributed by atoms with E-state index in [4.69, 9.17) is 9.90 Å². The molecule has 0 fully saturated rings. The Morgan fingerprint density at radius 2 is 1.60 bits per heavy atom. The number of nitrogens with zero attached hydrogens (tertiary/aromatic N) is 1. The number of phenolic OH excluding ortho intramolecular Hbond substituents is 1. The van der Waals surface area contributed by atoms with Crippen molar-refractivity contribution in [2.45, 2.75) is 6.92 Å². The highest BCUT2D eigenvalue weighted by Crippen LogP contribution is 2.28. The van der Waals surface area contributed by atoms with Gasteiger partial charge in [-0.1, -0.05) is 48.5 Å².